The monoisotopic (exact) mass is 327 g/mol. The first-order valence-corrected chi connectivity index (χ1v) is 8.05. The number of rotatable bonds is 6. The van der Waals surface area contributed by atoms with E-state index >= 15 is 0 Å². The van der Waals surface area contributed by atoms with Crippen molar-refractivity contribution in [3.8, 4) is 11.5 Å². The van der Waals surface area contributed by atoms with Crippen LogP contribution in [0.5, 0.6) is 11.5 Å². The van der Waals surface area contributed by atoms with E-state index in [1.807, 2.05) is 24.3 Å². The van der Waals surface area contributed by atoms with Crippen LogP contribution in [0.3, 0.4) is 0 Å². The molecule has 0 aliphatic carbocycles. The zero-order valence-corrected chi connectivity index (χ0v) is 14.7. The molecule has 24 heavy (non-hydrogen) atoms. The molecule has 128 valence electrons. The predicted molar refractivity (Wildman–Crippen MR) is 96.7 cm³/mol. The molecule has 0 saturated heterocycles. The zero-order chi connectivity index (χ0) is 17.6. The molecule has 0 spiro atoms. The average Bonchev–Trinajstić information content (AvgIpc) is 2.52. The third kappa shape index (κ3) is 4.75. The van der Waals surface area contributed by atoms with E-state index in [-0.39, 0.29) is 5.41 Å². The van der Waals surface area contributed by atoms with Crippen molar-refractivity contribution < 1.29 is 14.7 Å². The molecule has 0 bridgehead atoms. The molecule has 2 rings (SSSR count). The maximum atomic E-state index is 8.69. The van der Waals surface area contributed by atoms with Gasteiger partial charge in [-0.1, -0.05) is 50.2 Å². The maximum absolute atomic E-state index is 8.69. The second-order valence-corrected chi connectivity index (χ2v) is 6.73. The minimum atomic E-state index is 0.0219. The highest BCUT2D eigenvalue weighted by Gasteiger charge is 2.18. The van der Waals surface area contributed by atoms with Crippen LogP contribution >= 0.6 is 0 Å². The summed E-state index contributed by atoms with van der Waals surface area (Å²) in [4.78, 5) is 0. The summed E-state index contributed by atoms with van der Waals surface area (Å²) in [6, 6.07) is 13.7. The Morgan fingerprint density at radius 2 is 1.67 bits per heavy atom. The van der Waals surface area contributed by atoms with Crippen LogP contribution in [0.15, 0.2) is 47.6 Å². The lowest BCUT2D eigenvalue weighted by atomic mass is 9.86. The molecule has 0 fully saturated rings. The van der Waals surface area contributed by atoms with Gasteiger partial charge in [0.05, 0.1) is 6.21 Å². The largest absolute Gasteiger partial charge is 0.490 e. The summed E-state index contributed by atoms with van der Waals surface area (Å²) in [5.41, 5.74) is 3.10. The molecule has 0 aliphatic heterocycles. The van der Waals surface area contributed by atoms with Crippen molar-refractivity contribution in [3.05, 3.63) is 59.2 Å². The number of nitrogens with zero attached hydrogens (tertiary/aromatic N) is 1. The molecule has 0 aromatic heterocycles. The van der Waals surface area contributed by atoms with Crippen LogP contribution in [0.4, 0.5) is 0 Å². The van der Waals surface area contributed by atoms with Gasteiger partial charge in [0, 0.05) is 5.56 Å². The van der Waals surface area contributed by atoms with E-state index in [4.69, 9.17) is 14.7 Å². The Balaban J connectivity index is 2.00. The summed E-state index contributed by atoms with van der Waals surface area (Å²) in [5, 5.41) is 11.7. The topological polar surface area (TPSA) is 51.0 Å². The predicted octanol–water partition coefficient (Wildman–Crippen LogP) is 4.56. The Hall–Kier alpha value is -2.49. The summed E-state index contributed by atoms with van der Waals surface area (Å²) in [6.07, 6.45) is 1.36. The van der Waals surface area contributed by atoms with Crippen LogP contribution in [0.1, 0.15) is 37.5 Å². The van der Waals surface area contributed by atoms with Crippen molar-refractivity contribution >= 4 is 6.21 Å². The molecule has 0 amide bonds. The molecule has 4 heteroatoms. The highest BCUT2D eigenvalue weighted by atomic mass is 16.5. The van der Waals surface area contributed by atoms with E-state index in [1.54, 1.807) is 0 Å². The SMILES string of the molecule is Cc1ccc(C(C)(C)C)c(OCCOc2ccccc2/C=N/O)c1. The second kappa shape index (κ2) is 7.86. The van der Waals surface area contributed by atoms with E-state index in [9.17, 15) is 0 Å². The highest BCUT2D eigenvalue weighted by Crippen LogP contribution is 2.32. The minimum absolute atomic E-state index is 0.0219. The Kier molecular flexibility index (Phi) is 5.85. The molecule has 4 nitrogen and oxygen atoms in total. The van der Waals surface area contributed by atoms with Crippen LogP contribution in [-0.2, 0) is 5.41 Å². The summed E-state index contributed by atoms with van der Waals surface area (Å²) in [6.45, 7) is 9.42. The average molecular weight is 327 g/mol. The van der Waals surface area contributed by atoms with Crippen molar-refractivity contribution in [1.29, 1.82) is 0 Å². The van der Waals surface area contributed by atoms with E-state index < -0.39 is 0 Å². The van der Waals surface area contributed by atoms with Gasteiger partial charge in [-0.2, -0.15) is 0 Å². The third-order valence-corrected chi connectivity index (χ3v) is 3.66. The molecule has 2 aromatic carbocycles. The summed E-state index contributed by atoms with van der Waals surface area (Å²) in [5.74, 6) is 1.57. The molecule has 0 aliphatic rings. The minimum Gasteiger partial charge on any atom is -0.490 e. The van der Waals surface area contributed by atoms with E-state index in [0.717, 1.165) is 11.3 Å². The van der Waals surface area contributed by atoms with Crippen LogP contribution in [0.25, 0.3) is 0 Å². The fraction of sp³-hybridized carbons (Fsp3) is 0.350. The molecule has 0 saturated carbocycles. The molecule has 0 heterocycles. The lowest BCUT2D eigenvalue weighted by molar-refractivity contribution is 0.214. The first-order valence-electron chi connectivity index (χ1n) is 8.05. The van der Waals surface area contributed by atoms with E-state index in [2.05, 4.69) is 51.0 Å². The molecule has 0 atom stereocenters. The van der Waals surface area contributed by atoms with E-state index in [0.29, 0.717) is 19.0 Å². The van der Waals surface area contributed by atoms with Gasteiger partial charge in [0.15, 0.2) is 0 Å². The second-order valence-electron chi connectivity index (χ2n) is 6.73. The number of ether oxygens (including phenoxy) is 2. The van der Waals surface area contributed by atoms with Gasteiger partial charge in [-0.05, 0) is 41.7 Å². The van der Waals surface area contributed by atoms with Crippen LogP contribution in [0.2, 0.25) is 0 Å². The Morgan fingerprint density at radius 1 is 1.00 bits per heavy atom. The summed E-state index contributed by atoms with van der Waals surface area (Å²) in [7, 11) is 0. The number of oxime groups is 1. The van der Waals surface area contributed by atoms with Crippen LogP contribution < -0.4 is 9.47 Å². The fourth-order valence-electron chi connectivity index (χ4n) is 2.45. The third-order valence-electron chi connectivity index (χ3n) is 3.66. The fourth-order valence-corrected chi connectivity index (χ4v) is 2.45. The number of para-hydroxylation sites is 1. The molecule has 1 N–H and O–H groups in total. The number of benzene rings is 2. The standard InChI is InChI=1S/C20H25NO3/c1-15-9-10-17(20(2,3)4)19(13-15)24-12-11-23-18-8-6-5-7-16(18)14-21-22/h5-10,13-14,22H,11-12H2,1-4H3/b21-14+. The van der Waals surface area contributed by atoms with E-state index in [1.165, 1.54) is 17.3 Å². The highest BCUT2D eigenvalue weighted by molar-refractivity contribution is 5.82. The van der Waals surface area contributed by atoms with Crippen molar-refractivity contribution in [2.45, 2.75) is 33.1 Å². The van der Waals surface area contributed by atoms with Gasteiger partial charge < -0.3 is 14.7 Å². The molecule has 2 aromatic rings. The van der Waals surface area contributed by atoms with Gasteiger partial charge in [-0.3, -0.25) is 0 Å². The first-order chi connectivity index (χ1) is 11.4. The van der Waals surface area contributed by atoms with Gasteiger partial charge in [0.1, 0.15) is 24.7 Å². The van der Waals surface area contributed by atoms with Gasteiger partial charge in [-0.25, -0.2) is 0 Å². The quantitative estimate of drug-likeness (QED) is 0.366. The smallest absolute Gasteiger partial charge is 0.128 e. The van der Waals surface area contributed by atoms with Crippen LogP contribution in [0, 0.1) is 6.92 Å². The van der Waals surface area contributed by atoms with Gasteiger partial charge in [0.25, 0.3) is 0 Å². The number of aryl methyl sites for hydroxylation is 1. The summed E-state index contributed by atoms with van der Waals surface area (Å²) < 4.78 is 11.7. The van der Waals surface area contributed by atoms with Gasteiger partial charge >= 0.3 is 0 Å². The van der Waals surface area contributed by atoms with Crippen molar-refractivity contribution in [3.63, 3.8) is 0 Å². The molecular weight excluding hydrogens is 302 g/mol. The normalized spacial score (nSPS) is 11.7. The summed E-state index contributed by atoms with van der Waals surface area (Å²) >= 11 is 0. The number of hydrogen-bond acceptors (Lipinski definition) is 4. The van der Waals surface area contributed by atoms with Crippen molar-refractivity contribution in [1.82, 2.24) is 0 Å². The zero-order valence-electron chi connectivity index (χ0n) is 14.7. The lowest BCUT2D eigenvalue weighted by Gasteiger charge is -2.23. The molecular formula is C20H25NO3. The Morgan fingerprint density at radius 3 is 2.33 bits per heavy atom. The Bertz CT molecular complexity index is 702. The maximum Gasteiger partial charge on any atom is 0.128 e. The molecule has 0 unspecified atom stereocenters. The van der Waals surface area contributed by atoms with Crippen LogP contribution in [-0.4, -0.2) is 24.6 Å². The number of hydrogen-bond donors (Lipinski definition) is 1. The Labute approximate surface area is 143 Å². The first kappa shape index (κ1) is 17.9. The van der Waals surface area contributed by atoms with Crippen molar-refractivity contribution in [2.75, 3.05) is 13.2 Å². The van der Waals surface area contributed by atoms with Gasteiger partial charge in [0.2, 0.25) is 0 Å². The van der Waals surface area contributed by atoms with Crippen molar-refractivity contribution in [2.24, 2.45) is 5.16 Å². The van der Waals surface area contributed by atoms with Gasteiger partial charge in [-0.15, -0.1) is 0 Å². The lowest BCUT2D eigenvalue weighted by Crippen LogP contribution is -2.16. The molecule has 0 radical (unpaired) electrons.